The minimum atomic E-state index is -0.452. The van der Waals surface area contributed by atoms with E-state index in [-0.39, 0.29) is 12.6 Å². The zero-order valence-corrected chi connectivity index (χ0v) is 13.9. The number of esters is 1. The molecule has 0 fully saturated rings. The Morgan fingerprint density at radius 2 is 2.22 bits per heavy atom. The molecule has 5 heteroatoms. The summed E-state index contributed by atoms with van der Waals surface area (Å²) in [6.07, 6.45) is 1.51. The number of nitrogens with one attached hydrogen (secondary N) is 1. The highest BCUT2D eigenvalue weighted by Gasteiger charge is 2.40. The average Bonchev–Trinajstić information content (AvgIpc) is 2.52. The third-order valence-corrected chi connectivity index (χ3v) is 4.34. The molecule has 2 rings (SSSR count). The van der Waals surface area contributed by atoms with Gasteiger partial charge in [-0.15, -0.1) is 0 Å². The van der Waals surface area contributed by atoms with Crippen LogP contribution in [-0.2, 0) is 9.53 Å². The van der Waals surface area contributed by atoms with Gasteiger partial charge >= 0.3 is 5.97 Å². The molecule has 1 aromatic carbocycles. The van der Waals surface area contributed by atoms with Crippen LogP contribution in [0.4, 0.5) is 0 Å². The Bertz CT molecular complexity index is 691. The van der Waals surface area contributed by atoms with Crippen molar-refractivity contribution in [3.05, 3.63) is 58.8 Å². The second kappa shape index (κ2) is 7.34. The van der Waals surface area contributed by atoms with E-state index in [1.165, 1.54) is 6.08 Å². The molecule has 3 unspecified atom stereocenters. The Labute approximate surface area is 141 Å². The summed E-state index contributed by atoms with van der Waals surface area (Å²) >= 11 is 6.33. The van der Waals surface area contributed by atoms with Crippen molar-refractivity contribution in [1.29, 1.82) is 5.26 Å². The maximum atomic E-state index is 12.5. The Kier molecular flexibility index (Phi) is 5.46. The zero-order chi connectivity index (χ0) is 17.0. The van der Waals surface area contributed by atoms with Crippen LogP contribution in [0.2, 0.25) is 5.02 Å². The first-order chi connectivity index (χ1) is 11.0. The van der Waals surface area contributed by atoms with E-state index < -0.39 is 17.8 Å². The lowest BCUT2D eigenvalue weighted by molar-refractivity contribution is -0.138. The highest BCUT2D eigenvalue weighted by atomic mass is 35.5. The molecule has 0 saturated carbocycles. The van der Waals surface area contributed by atoms with E-state index in [4.69, 9.17) is 16.3 Å². The van der Waals surface area contributed by atoms with Crippen LogP contribution in [0.15, 0.2) is 48.2 Å². The summed E-state index contributed by atoms with van der Waals surface area (Å²) in [4.78, 5) is 12.5. The Hall–Kier alpha value is -2.25. The second-order valence-electron chi connectivity index (χ2n) is 5.51. The zero-order valence-electron chi connectivity index (χ0n) is 13.2. The molecule has 0 bridgehead atoms. The van der Waals surface area contributed by atoms with Gasteiger partial charge in [-0.3, -0.25) is 0 Å². The van der Waals surface area contributed by atoms with Crippen molar-refractivity contribution in [2.75, 3.05) is 6.61 Å². The van der Waals surface area contributed by atoms with Crippen LogP contribution in [0.1, 0.15) is 25.3 Å². The first-order valence-corrected chi connectivity index (χ1v) is 7.78. The number of rotatable bonds is 4. The monoisotopic (exact) mass is 330 g/mol. The summed E-state index contributed by atoms with van der Waals surface area (Å²) in [5.74, 6) is -1.31. The van der Waals surface area contributed by atoms with Gasteiger partial charge in [-0.1, -0.05) is 42.5 Å². The summed E-state index contributed by atoms with van der Waals surface area (Å²) in [5.41, 5.74) is 1.92. The van der Waals surface area contributed by atoms with Gasteiger partial charge in [0, 0.05) is 22.7 Å². The fraction of sp³-hybridized carbons (Fsp3) is 0.333. The van der Waals surface area contributed by atoms with Crippen LogP contribution in [0.5, 0.6) is 0 Å². The normalized spacial score (nSPS) is 23.7. The van der Waals surface area contributed by atoms with Crippen LogP contribution in [0.3, 0.4) is 0 Å². The van der Waals surface area contributed by atoms with E-state index in [1.54, 1.807) is 6.07 Å². The third kappa shape index (κ3) is 3.40. The molecular formula is C18H19ClN2O2. The maximum Gasteiger partial charge on any atom is 0.336 e. The van der Waals surface area contributed by atoms with Crippen molar-refractivity contribution in [2.24, 2.45) is 5.92 Å². The lowest BCUT2D eigenvalue weighted by atomic mass is 9.74. The SMILES string of the molecule is C=CCOC(=O)C1=C(C)NC(C)C(C#N)C1c1ccccc1Cl. The molecule has 1 aliphatic heterocycles. The van der Waals surface area contributed by atoms with Crippen LogP contribution in [-0.4, -0.2) is 18.6 Å². The van der Waals surface area contributed by atoms with Crippen molar-refractivity contribution in [1.82, 2.24) is 5.32 Å². The molecule has 0 radical (unpaired) electrons. The number of allylic oxidation sites excluding steroid dienone is 1. The Morgan fingerprint density at radius 3 is 2.83 bits per heavy atom. The molecule has 0 aliphatic carbocycles. The molecular weight excluding hydrogens is 312 g/mol. The summed E-state index contributed by atoms with van der Waals surface area (Å²) in [6, 6.07) is 9.50. The molecule has 0 aromatic heterocycles. The molecule has 0 amide bonds. The van der Waals surface area contributed by atoms with Crippen LogP contribution in [0.25, 0.3) is 0 Å². The maximum absolute atomic E-state index is 12.5. The van der Waals surface area contributed by atoms with Crippen molar-refractivity contribution in [3.63, 3.8) is 0 Å². The van der Waals surface area contributed by atoms with E-state index in [9.17, 15) is 10.1 Å². The molecule has 1 aromatic rings. The van der Waals surface area contributed by atoms with E-state index in [0.717, 1.165) is 5.56 Å². The van der Waals surface area contributed by atoms with E-state index in [1.807, 2.05) is 32.0 Å². The molecule has 1 aliphatic rings. The number of carbonyl (C=O) groups excluding carboxylic acids is 1. The topological polar surface area (TPSA) is 62.1 Å². The van der Waals surface area contributed by atoms with E-state index in [0.29, 0.717) is 16.3 Å². The predicted molar refractivity (Wildman–Crippen MR) is 89.7 cm³/mol. The van der Waals surface area contributed by atoms with E-state index >= 15 is 0 Å². The number of hydrogen-bond donors (Lipinski definition) is 1. The van der Waals surface area contributed by atoms with Gasteiger partial charge in [0.15, 0.2) is 0 Å². The van der Waals surface area contributed by atoms with Crippen LogP contribution >= 0.6 is 11.6 Å². The molecule has 120 valence electrons. The van der Waals surface area contributed by atoms with Crippen LogP contribution in [0, 0.1) is 17.2 Å². The highest BCUT2D eigenvalue weighted by Crippen LogP contribution is 2.41. The number of ether oxygens (including phenoxy) is 1. The fourth-order valence-electron chi connectivity index (χ4n) is 2.97. The van der Waals surface area contributed by atoms with Gasteiger partial charge in [-0.25, -0.2) is 4.79 Å². The van der Waals surface area contributed by atoms with Gasteiger partial charge in [0.2, 0.25) is 0 Å². The second-order valence-corrected chi connectivity index (χ2v) is 5.92. The molecule has 3 atom stereocenters. The van der Waals surface area contributed by atoms with Gasteiger partial charge in [-0.05, 0) is 25.5 Å². The molecule has 0 saturated heterocycles. The van der Waals surface area contributed by atoms with Gasteiger partial charge in [0.05, 0.1) is 17.6 Å². The molecule has 1 N–H and O–H groups in total. The van der Waals surface area contributed by atoms with Crippen molar-refractivity contribution in [3.8, 4) is 6.07 Å². The number of nitriles is 1. The minimum absolute atomic E-state index is 0.0998. The summed E-state index contributed by atoms with van der Waals surface area (Å²) < 4.78 is 5.21. The first kappa shape index (κ1) is 17.1. The van der Waals surface area contributed by atoms with Gasteiger partial charge in [-0.2, -0.15) is 5.26 Å². The number of hydrogen-bond acceptors (Lipinski definition) is 4. The smallest absolute Gasteiger partial charge is 0.336 e. The van der Waals surface area contributed by atoms with Crippen molar-refractivity contribution in [2.45, 2.75) is 25.8 Å². The molecule has 4 nitrogen and oxygen atoms in total. The standard InChI is InChI=1S/C18H19ClN2O2/c1-4-9-23-18(22)16-12(3)21-11(2)14(10-20)17(16)13-7-5-6-8-15(13)19/h4-8,11,14,17,21H,1,9H2,2-3H3. The van der Waals surface area contributed by atoms with Crippen LogP contribution < -0.4 is 5.32 Å². The number of benzene rings is 1. The highest BCUT2D eigenvalue weighted by molar-refractivity contribution is 6.31. The number of carbonyl (C=O) groups is 1. The largest absolute Gasteiger partial charge is 0.458 e. The summed E-state index contributed by atoms with van der Waals surface area (Å²) in [7, 11) is 0. The summed E-state index contributed by atoms with van der Waals surface area (Å²) in [6.45, 7) is 7.41. The molecule has 1 heterocycles. The Balaban J connectivity index is 2.56. The molecule has 0 spiro atoms. The van der Waals surface area contributed by atoms with Gasteiger partial charge in [0.25, 0.3) is 0 Å². The summed E-state index contributed by atoms with van der Waals surface area (Å²) in [5, 5.41) is 13.4. The first-order valence-electron chi connectivity index (χ1n) is 7.40. The predicted octanol–water partition coefficient (Wildman–Crippen LogP) is 3.56. The Morgan fingerprint density at radius 1 is 1.52 bits per heavy atom. The average molecular weight is 331 g/mol. The minimum Gasteiger partial charge on any atom is -0.458 e. The number of halogens is 1. The van der Waals surface area contributed by atoms with E-state index in [2.05, 4.69) is 18.0 Å². The molecule has 23 heavy (non-hydrogen) atoms. The lowest BCUT2D eigenvalue weighted by Crippen LogP contribution is -2.43. The lowest BCUT2D eigenvalue weighted by Gasteiger charge is -2.36. The van der Waals surface area contributed by atoms with Gasteiger partial charge in [0.1, 0.15) is 6.61 Å². The van der Waals surface area contributed by atoms with Crippen molar-refractivity contribution >= 4 is 17.6 Å². The number of nitrogens with zero attached hydrogens (tertiary/aromatic N) is 1. The van der Waals surface area contributed by atoms with Gasteiger partial charge < -0.3 is 10.1 Å². The fourth-order valence-corrected chi connectivity index (χ4v) is 3.22. The third-order valence-electron chi connectivity index (χ3n) is 4.00. The van der Waals surface area contributed by atoms with Crippen molar-refractivity contribution < 1.29 is 9.53 Å². The quantitative estimate of drug-likeness (QED) is 0.677.